The SMILES string of the molecule is Cc1cc(C(=O)N(C)C(C)C(=O)O)n[nH]1. The van der Waals surface area contributed by atoms with E-state index in [0.717, 1.165) is 10.6 Å². The highest BCUT2D eigenvalue weighted by atomic mass is 16.4. The number of likely N-dealkylation sites (N-methyl/N-ethyl adjacent to an activating group) is 1. The molecule has 6 nitrogen and oxygen atoms in total. The second-order valence-electron chi connectivity index (χ2n) is 3.37. The fourth-order valence-electron chi connectivity index (χ4n) is 1.05. The Bertz CT molecular complexity index is 386. The van der Waals surface area contributed by atoms with Gasteiger partial charge in [-0.25, -0.2) is 4.79 Å². The lowest BCUT2D eigenvalue weighted by Crippen LogP contribution is -2.40. The molecule has 1 amide bonds. The van der Waals surface area contributed by atoms with Gasteiger partial charge in [-0.1, -0.05) is 0 Å². The van der Waals surface area contributed by atoms with Gasteiger partial charge in [-0.05, 0) is 19.9 Å². The van der Waals surface area contributed by atoms with Gasteiger partial charge in [0.15, 0.2) is 0 Å². The molecule has 0 saturated heterocycles. The number of nitrogens with zero attached hydrogens (tertiary/aromatic N) is 2. The lowest BCUT2D eigenvalue weighted by molar-refractivity contribution is -0.141. The Morgan fingerprint density at radius 3 is 2.60 bits per heavy atom. The summed E-state index contributed by atoms with van der Waals surface area (Å²) in [7, 11) is 1.44. The number of nitrogens with one attached hydrogen (secondary N) is 1. The number of hydrogen-bond donors (Lipinski definition) is 2. The summed E-state index contributed by atoms with van der Waals surface area (Å²) in [5.74, 6) is -1.45. The number of aromatic nitrogens is 2. The Labute approximate surface area is 86.9 Å². The summed E-state index contributed by atoms with van der Waals surface area (Å²) in [6, 6.07) is 0.711. The van der Waals surface area contributed by atoms with Crippen molar-refractivity contribution in [3.63, 3.8) is 0 Å². The maximum absolute atomic E-state index is 11.7. The van der Waals surface area contributed by atoms with Crippen molar-refractivity contribution in [1.29, 1.82) is 0 Å². The molecule has 82 valence electrons. The van der Waals surface area contributed by atoms with Gasteiger partial charge in [-0.15, -0.1) is 0 Å². The van der Waals surface area contributed by atoms with Crippen LogP contribution < -0.4 is 0 Å². The topological polar surface area (TPSA) is 86.3 Å². The summed E-state index contributed by atoms with van der Waals surface area (Å²) in [6.45, 7) is 3.21. The third-order valence-corrected chi connectivity index (χ3v) is 2.18. The number of carbonyl (C=O) groups is 2. The lowest BCUT2D eigenvalue weighted by Gasteiger charge is -2.20. The van der Waals surface area contributed by atoms with Gasteiger partial charge in [-0.2, -0.15) is 5.10 Å². The molecular formula is C9H13N3O3. The number of aryl methyl sites for hydroxylation is 1. The van der Waals surface area contributed by atoms with Crippen molar-refractivity contribution in [2.45, 2.75) is 19.9 Å². The Kier molecular flexibility index (Phi) is 3.08. The first-order valence-corrected chi connectivity index (χ1v) is 4.45. The number of aliphatic carboxylic acids is 1. The number of aromatic amines is 1. The minimum Gasteiger partial charge on any atom is -0.480 e. The van der Waals surface area contributed by atoms with Crippen LogP contribution in [-0.2, 0) is 4.79 Å². The summed E-state index contributed by atoms with van der Waals surface area (Å²) in [4.78, 5) is 23.5. The van der Waals surface area contributed by atoms with E-state index in [1.807, 2.05) is 0 Å². The summed E-state index contributed by atoms with van der Waals surface area (Å²) < 4.78 is 0. The summed E-state index contributed by atoms with van der Waals surface area (Å²) in [5, 5.41) is 15.1. The molecule has 6 heteroatoms. The molecule has 1 unspecified atom stereocenters. The molecule has 0 bridgehead atoms. The Morgan fingerprint density at radius 2 is 2.20 bits per heavy atom. The fourth-order valence-corrected chi connectivity index (χ4v) is 1.05. The predicted molar refractivity (Wildman–Crippen MR) is 52.5 cm³/mol. The van der Waals surface area contributed by atoms with E-state index in [1.54, 1.807) is 13.0 Å². The number of amides is 1. The zero-order valence-corrected chi connectivity index (χ0v) is 8.81. The van der Waals surface area contributed by atoms with Crippen LogP contribution in [-0.4, -0.2) is 45.2 Å². The smallest absolute Gasteiger partial charge is 0.326 e. The van der Waals surface area contributed by atoms with Gasteiger partial charge in [0.2, 0.25) is 0 Å². The fraction of sp³-hybridized carbons (Fsp3) is 0.444. The van der Waals surface area contributed by atoms with Crippen molar-refractivity contribution in [3.05, 3.63) is 17.5 Å². The van der Waals surface area contributed by atoms with Crippen LogP contribution in [0.5, 0.6) is 0 Å². The molecule has 0 saturated carbocycles. The average Bonchev–Trinajstić information content (AvgIpc) is 2.61. The normalized spacial score (nSPS) is 12.2. The van der Waals surface area contributed by atoms with E-state index in [-0.39, 0.29) is 5.69 Å². The highest BCUT2D eigenvalue weighted by Crippen LogP contribution is 2.05. The molecule has 1 heterocycles. The number of carboxylic acids is 1. The van der Waals surface area contributed by atoms with Crippen molar-refractivity contribution in [1.82, 2.24) is 15.1 Å². The number of H-pyrrole nitrogens is 1. The van der Waals surface area contributed by atoms with Crippen molar-refractivity contribution in [2.75, 3.05) is 7.05 Å². The standard InChI is InChI=1S/C9H13N3O3/c1-5-4-7(11-10-5)8(13)12(3)6(2)9(14)15/h4,6H,1-3H3,(H,10,11)(H,14,15). The number of carboxylic acid groups (broad SMARTS) is 1. The van der Waals surface area contributed by atoms with Crippen LogP contribution in [0.1, 0.15) is 23.1 Å². The molecule has 1 rings (SSSR count). The number of rotatable bonds is 3. The van der Waals surface area contributed by atoms with E-state index in [4.69, 9.17) is 5.11 Å². The molecule has 0 aromatic carbocycles. The zero-order valence-electron chi connectivity index (χ0n) is 8.81. The number of carbonyl (C=O) groups excluding carboxylic acids is 1. The average molecular weight is 211 g/mol. The summed E-state index contributed by atoms with van der Waals surface area (Å²) in [6.07, 6.45) is 0. The first-order chi connectivity index (χ1) is 6.93. The third-order valence-electron chi connectivity index (χ3n) is 2.18. The highest BCUT2D eigenvalue weighted by molar-refractivity contribution is 5.94. The Morgan fingerprint density at radius 1 is 1.60 bits per heavy atom. The van der Waals surface area contributed by atoms with Crippen LogP contribution in [0.2, 0.25) is 0 Å². The minimum absolute atomic E-state index is 0.225. The zero-order chi connectivity index (χ0) is 11.6. The van der Waals surface area contributed by atoms with Gasteiger partial charge in [0.1, 0.15) is 11.7 Å². The predicted octanol–water partition coefficient (Wildman–Crippen LogP) is 0.263. The largest absolute Gasteiger partial charge is 0.480 e. The molecule has 1 atom stereocenters. The van der Waals surface area contributed by atoms with Crippen LogP contribution in [0.4, 0.5) is 0 Å². The lowest BCUT2D eigenvalue weighted by atomic mass is 10.2. The van der Waals surface area contributed by atoms with Crippen molar-refractivity contribution >= 4 is 11.9 Å². The molecule has 2 N–H and O–H groups in total. The maximum Gasteiger partial charge on any atom is 0.326 e. The minimum atomic E-state index is -1.04. The van der Waals surface area contributed by atoms with Gasteiger partial charge >= 0.3 is 5.97 Å². The Balaban J connectivity index is 2.81. The van der Waals surface area contributed by atoms with E-state index in [0.29, 0.717) is 0 Å². The molecule has 1 aromatic heterocycles. The molecule has 0 aliphatic heterocycles. The maximum atomic E-state index is 11.7. The van der Waals surface area contributed by atoms with Gasteiger partial charge in [-0.3, -0.25) is 9.89 Å². The van der Waals surface area contributed by atoms with E-state index in [2.05, 4.69) is 10.2 Å². The van der Waals surface area contributed by atoms with E-state index >= 15 is 0 Å². The first kappa shape index (κ1) is 11.2. The Hall–Kier alpha value is -1.85. The van der Waals surface area contributed by atoms with Crippen LogP contribution in [0.25, 0.3) is 0 Å². The first-order valence-electron chi connectivity index (χ1n) is 4.45. The summed E-state index contributed by atoms with van der Waals surface area (Å²) >= 11 is 0. The third kappa shape index (κ3) is 2.34. The van der Waals surface area contributed by atoms with Gasteiger partial charge in [0.25, 0.3) is 5.91 Å². The van der Waals surface area contributed by atoms with Crippen molar-refractivity contribution in [2.24, 2.45) is 0 Å². The van der Waals surface area contributed by atoms with Crippen molar-refractivity contribution < 1.29 is 14.7 Å². The second-order valence-corrected chi connectivity index (χ2v) is 3.37. The molecule has 1 aromatic rings. The van der Waals surface area contributed by atoms with Gasteiger partial charge in [0.05, 0.1) is 0 Å². The van der Waals surface area contributed by atoms with Crippen LogP contribution in [0, 0.1) is 6.92 Å². The van der Waals surface area contributed by atoms with E-state index in [1.165, 1.54) is 14.0 Å². The van der Waals surface area contributed by atoms with Crippen molar-refractivity contribution in [3.8, 4) is 0 Å². The van der Waals surface area contributed by atoms with Crippen LogP contribution >= 0.6 is 0 Å². The van der Waals surface area contributed by atoms with Crippen LogP contribution in [0.3, 0.4) is 0 Å². The molecule has 0 fully saturated rings. The molecule has 15 heavy (non-hydrogen) atoms. The molecule has 0 aliphatic carbocycles. The summed E-state index contributed by atoms with van der Waals surface area (Å²) in [5.41, 5.74) is 0.984. The second kappa shape index (κ2) is 4.12. The van der Waals surface area contributed by atoms with Crippen LogP contribution in [0.15, 0.2) is 6.07 Å². The molecular weight excluding hydrogens is 198 g/mol. The van der Waals surface area contributed by atoms with Gasteiger partial charge < -0.3 is 10.0 Å². The molecule has 0 radical (unpaired) electrons. The van der Waals surface area contributed by atoms with E-state index < -0.39 is 17.9 Å². The molecule has 0 aliphatic rings. The highest BCUT2D eigenvalue weighted by Gasteiger charge is 2.23. The van der Waals surface area contributed by atoms with Gasteiger partial charge in [0, 0.05) is 12.7 Å². The quantitative estimate of drug-likeness (QED) is 0.751. The molecule has 0 spiro atoms. The number of hydrogen-bond acceptors (Lipinski definition) is 3. The van der Waals surface area contributed by atoms with E-state index in [9.17, 15) is 9.59 Å². The monoisotopic (exact) mass is 211 g/mol.